The monoisotopic (exact) mass is 603 g/mol. The molecule has 0 atom stereocenters. The van der Waals surface area contributed by atoms with Gasteiger partial charge in [-0.3, -0.25) is 4.79 Å². The second kappa shape index (κ2) is 11.3. The standard InChI is InChI=1S/C30H25N3O7S2/c1-16-20-13-24(42-28(20)33(32-16)19-7-5-4-6-8-19)29(35)38-14-25(34)31-27-26(30(36)37-3)21(17(2)41-27)11-18-9-10-22-23(12-18)40-15-39-22/h4-10,12-13H,11,14-15H2,1-3H3,(H,31,34). The van der Waals surface area contributed by atoms with Gasteiger partial charge in [-0.1, -0.05) is 24.3 Å². The Hall–Kier alpha value is -4.68. The zero-order valence-corrected chi connectivity index (χ0v) is 24.5. The second-order valence-corrected chi connectivity index (χ2v) is 11.7. The summed E-state index contributed by atoms with van der Waals surface area (Å²) in [6.45, 7) is 3.39. The van der Waals surface area contributed by atoms with Crippen molar-refractivity contribution in [3.63, 3.8) is 0 Å². The van der Waals surface area contributed by atoms with Gasteiger partial charge in [0.1, 0.15) is 14.7 Å². The lowest BCUT2D eigenvalue weighted by molar-refractivity contribution is -0.119. The smallest absolute Gasteiger partial charge is 0.348 e. The molecule has 1 amide bonds. The Morgan fingerprint density at radius 3 is 2.57 bits per heavy atom. The second-order valence-electron chi connectivity index (χ2n) is 9.48. The summed E-state index contributed by atoms with van der Waals surface area (Å²) >= 11 is 2.50. The summed E-state index contributed by atoms with van der Waals surface area (Å²) in [5, 5.41) is 8.48. The van der Waals surface area contributed by atoms with Crippen molar-refractivity contribution in [2.75, 3.05) is 25.8 Å². The van der Waals surface area contributed by atoms with Crippen molar-refractivity contribution in [1.29, 1.82) is 0 Å². The van der Waals surface area contributed by atoms with E-state index in [0.29, 0.717) is 27.8 Å². The lowest BCUT2D eigenvalue weighted by Crippen LogP contribution is -2.21. The number of methoxy groups -OCH3 is 1. The third-order valence-electron chi connectivity index (χ3n) is 6.75. The van der Waals surface area contributed by atoms with E-state index in [1.807, 2.05) is 62.4 Å². The Morgan fingerprint density at radius 1 is 1.00 bits per heavy atom. The van der Waals surface area contributed by atoms with Gasteiger partial charge in [-0.05, 0) is 61.7 Å². The van der Waals surface area contributed by atoms with Gasteiger partial charge in [-0.2, -0.15) is 5.10 Å². The molecule has 0 radical (unpaired) electrons. The number of para-hydroxylation sites is 1. The van der Waals surface area contributed by atoms with Crippen LogP contribution in [0.4, 0.5) is 5.00 Å². The van der Waals surface area contributed by atoms with E-state index in [-0.39, 0.29) is 12.4 Å². The number of nitrogens with zero attached hydrogens (tertiary/aromatic N) is 2. The summed E-state index contributed by atoms with van der Waals surface area (Å²) in [5.41, 5.74) is 3.56. The molecule has 0 saturated carbocycles. The number of aryl methyl sites for hydroxylation is 2. The van der Waals surface area contributed by atoms with Gasteiger partial charge in [0.25, 0.3) is 5.91 Å². The van der Waals surface area contributed by atoms with E-state index < -0.39 is 24.5 Å². The summed E-state index contributed by atoms with van der Waals surface area (Å²) in [6.07, 6.45) is 0.417. The van der Waals surface area contributed by atoms with Gasteiger partial charge in [0.05, 0.1) is 24.1 Å². The molecule has 3 aromatic heterocycles. The van der Waals surface area contributed by atoms with Gasteiger partial charge >= 0.3 is 11.9 Å². The Labute approximate surface area is 248 Å². The molecular weight excluding hydrogens is 578 g/mol. The number of carbonyl (C=O) groups is 3. The van der Waals surface area contributed by atoms with Crippen molar-refractivity contribution in [2.24, 2.45) is 0 Å². The van der Waals surface area contributed by atoms with Crippen LogP contribution in [0.2, 0.25) is 0 Å². The molecule has 4 heterocycles. The fraction of sp³-hybridized carbons (Fsp3) is 0.200. The number of benzene rings is 2. The lowest BCUT2D eigenvalue weighted by atomic mass is 10.0. The van der Waals surface area contributed by atoms with Crippen molar-refractivity contribution >= 4 is 55.7 Å². The number of hydrogen-bond acceptors (Lipinski definition) is 10. The molecule has 1 aliphatic rings. The van der Waals surface area contributed by atoms with Crippen LogP contribution in [0.25, 0.3) is 15.9 Å². The number of hydrogen-bond donors (Lipinski definition) is 1. The van der Waals surface area contributed by atoms with E-state index in [1.165, 1.54) is 29.8 Å². The minimum Gasteiger partial charge on any atom is -0.465 e. The highest BCUT2D eigenvalue weighted by atomic mass is 32.1. The third-order valence-corrected chi connectivity index (χ3v) is 8.90. The fourth-order valence-corrected chi connectivity index (χ4v) is 6.86. The maximum Gasteiger partial charge on any atom is 0.348 e. The van der Waals surface area contributed by atoms with Crippen molar-refractivity contribution < 1.29 is 33.3 Å². The van der Waals surface area contributed by atoms with Gasteiger partial charge in [-0.15, -0.1) is 22.7 Å². The molecule has 1 aliphatic heterocycles. The maximum atomic E-state index is 12.9. The van der Waals surface area contributed by atoms with Crippen molar-refractivity contribution in [3.05, 3.63) is 86.7 Å². The normalized spacial score (nSPS) is 12.0. The summed E-state index contributed by atoms with van der Waals surface area (Å²) < 4.78 is 23.0. The predicted octanol–water partition coefficient (Wildman–Crippen LogP) is 5.67. The number of aromatic nitrogens is 2. The van der Waals surface area contributed by atoms with E-state index in [2.05, 4.69) is 10.4 Å². The molecule has 0 saturated heterocycles. The predicted molar refractivity (Wildman–Crippen MR) is 158 cm³/mol. The first-order valence-electron chi connectivity index (χ1n) is 12.9. The van der Waals surface area contributed by atoms with Gasteiger partial charge in [-0.25, -0.2) is 14.3 Å². The van der Waals surface area contributed by atoms with Crippen molar-refractivity contribution in [3.8, 4) is 17.2 Å². The topological polar surface area (TPSA) is 118 Å². The first kappa shape index (κ1) is 27.5. The zero-order chi connectivity index (χ0) is 29.4. The molecule has 0 bridgehead atoms. The molecule has 10 nitrogen and oxygen atoms in total. The molecule has 0 unspecified atom stereocenters. The molecular formula is C30H25N3O7S2. The minimum atomic E-state index is -0.621. The average molecular weight is 604 g/mol. The van der Waals surface area contributed by atoms with E-state index in [4.69, 9.17) is 18.9 Å². The molecule has 5 aromatic rings. The van der Waals surface area contributed by atoms with Crippen LogP contribution in [0.15, 0.2) is 54.6 Å². The van der Waals surface area contributed by atoms with Crippen LogP contribution < -0.4 is 14.8 Å². The quantitative estimate of drug-likeness (QED) is 0.226. The summed E-state index contributed by atoms with van der Waals surface area (Å²) in [5.74, 6) is -0.459. The zero-order valence-electron chi connectivity index (χ0n) is 22.9. The highest BCUT2D eigenvalue weighted by Gasteiger charge is 2.26. The minimum absolute atomic E-state index is 0.166. The molecule has 0 aliphatic carbocycles. The average Bonchev–Trinajstić information content (AvgIpc) is 3.77. The Bertz CT molecular complexity index is 1840. The lowest BCUT2D eigenvalue weighted by Gasteiger charge is -2.09. The molecule has 1 N–H and O–H groups in total. The number of thiophene rings is 2. The van der Waals surface area contributed by atoms with Crippen molar-refractivity contribution in [1.82, 2.24) is 9.78 Å². The van der Waals surface area contributed by atoms with Crippen LogP contribution in [0.3, 0.4) is 0 Å². The van der Waals surface area contributed by atoms with Gasteiger partial charge < -0.3 is 24.3 Å². The Morgan fingerprint density at radius 2 is 1.79 bits per heavy atom. The Kier molecular flexibility index (Phi) is 7.40. The van der Waals surface area contributed by atoms with Crippen LogP contribution in [0, 0.1) is 13.8 Å². The molecule has 12 heteroatoms. The molecule has 6 rings (SSSR count). The highest BCUT2D eigenvalue weighted by Crippen LogP contribution is 2.38. The summed E-state index contributed by atoms with van der Waals surface area (Å²) in [7, 11) is 1.29. The van der Waals surface area contributed by atoms with Gasteiger partial charge in [0, 0.05) is 10.3 Å². The SMILES string of the molecule is COC(=O)c1c(NC(=O)COC(=O)c2cc3c(C)nn(-c4ccccc4)c3s2)sc(C)c1Cc1ccc2c(c1)OCO2. The number of ether oxygens (including phenoxy) is 4. The third kappa shape index (κ3) is 5.21. The molecule has 0 fully saturated rings. The summed E-state index contributed by atoms with van der Waals surface area (Å²) in [4.78, 5) is 40.5. The van der Waals surface area contributed by atoms with Gasteiger partial charge in [0.15, 0.2) is 18.1 Å². The van der Waals surface area contributed by atoms with E-state index >= 15 is 0 Å². The highest BCUT2D eigenvalue weighted by molar-refractivity contribution is 7.20. The number of amides is 1. The van der Waals surface area contributed by atoms with E-state index in [1.54, 1.807) is 10.7 Å². The van der Waals surface area contributed by atoms with Crippen LogP contribution >= 0.6 is 22.7 Å². The number of anilines is 1. The fourth-order valence-electron chi connectivity index (χ4n) is 4.71. The van der Waals surface area contributed by atoms with Crippen LogP contribution in [0.1, 0.15) is 41.7 Å². The molecule has 2 aromatic carbocycles. The number of fused-ring (bicyclic) bond motifs is 2. The largest absolute Gasteiger partial charge is 0.465 e. The number of nitrogens with one attached hydrogen (secondary N) is 1. The maximum absolute atomic E-state index is 12.9. The first-order valence-corrected chi connectivity index (χ1v) is 14.6. The Balaban J connectivity index is 1.16. The summed E-state index contributed by atoms with van der Waals surface area (Å²) in [6, 6.07) is 16.9. The van der Waals surface area contributed by atoms with Crippen molar-refractivity contribution in [2.45, 2.75) is 20.3 Å². The van der Waals surface area contributed by atoms with Crippen LogP contribution in [-0.2, 0) is 20.7 Å². The number of carbonyl (C=O) groups excluding carboxylic acids is 3. The molecule has 42 heavy (non-hydrogen) atoms. The first-order chi connectivity index (χ1) is 20.3. The number of esters is 2. The van der Waals surface area contributed by atoms with Crippen LogP contribution in [0.5, 0.6) is 11.5 Å². The van der Waals surface area contributed by atoms with E-state index in [0.717, 1.165) is 37.6 Å². The molecule has 0 spiro atoms. The van der Waals surface area contributed by atoms with Crippen LogP contribution in [-0.4, -0.2) is 48.1 Å². The van der Waals surface area contributed by atoms with E-state index in [9.17, 15) is 14.4 Å². The van der Waals surface area contributed by atoms with Gasteiger partial charge in [0.2, 0.25) is 6.79 Å². The number of rotatable bonds is 8. The molecule has 214 valence electrons.